The molecule has 3 amide bonds. The van der Waals surface area contributed by atoms with E-state index in [0.717, 1.165) is 40.8 Å². The third-order valence-electron chi connectivity index (χ3n) is 8.53. The van der Waals surface area contributed by atoms with Gasteiger partial charge in [-0.3, -0.25) is 14.4 Å². The molecule has 9 heteroatoms. The number of aryl methyl sites for hydroxylation is 1. The Balaban J connectivity index is 1.27. The molecule has 1 aliphatic rings. The summed E-state index contributed by atoms with van der Waals surface area (Å²) in [7, 11) is 0. The maximum absolute atomic E-state index is 13.5. The molecule has 0 bridgehead atoms. The average Bonchev–Trinajstić information content (AvgIpc) is 3.41. The molecule has 246 valence electrons. The van der Waals surface area contributed by atoms with E-state index in [-0.39, 0.29) is 17.0 Å². The predicted molar refractivity (Wildman–Crippen MR) is 196 cm³/mol. The first-order valence-electron chi connectivity index (χ1n) is 16.0. The van der Waals surface area contributed by atoms with Crippen LogP contribution in [0.25, 0.3) is 6.08 Å². The number of thiophene rings is 1. The number of anilines is 2. The summed E-state index contributed by atoms with van der Waals surface area (Å²) in [5.74, 6) is -0.528. The Hall–Kier alpha value is -4.65. The van der Waals surface area contributed by atoms with E-state index in [9.17, 15) is 19.6 Å². The van der Waals surface area contributed by atoms with E-state index < -0.39 is 17.1 Å². The minimum Gasteiger partial charge on any atom is -0.321 e. The Bertz CT molecular complexity index is 1880. The number of hydrogen-bond donors (Lipinski definition) is 3. The van der Waals surface area contributed by atoms with E-state index in [0.29, 0.717) is 27.7 Å². The van der Waals surface area contributed by atoms with Crippen molar-refractivity contribution in [1.29, 1.82) is 5.26 Å². The second-order valence-electron chi connectivity index (χ2n) is 13.1. The van der Waals surface area contributed by atoms with Crippen molar-refractivity contribution in [3.63, 3.8) is 0 Å². The van der Waals surface area contributed by atoms with Gasteiger partial charge in [-0.15, -0.1) is 23.1 Å². The van der Waals surface area contributed by atoms with Crippen LogP contribution in [0.3, 0.4) is 0 Å². The van der Waals surface area contributed by atoms with Gasteiger partial charge in [0.15, 0.2) is 0 Å². The number of nitrogens with one attached hydrogen (secondary N) is 3. The van der Waals surface area contributed by atoms with Crippen molar-refractivity contribution in [1.82, 2.24) is 5.32 Å². The molecule has 0 fully saturated rings. The van der Waals surface area contributed by atoms with Crippen molar-refractivity contribution in [3.05, 3.63) is 117 Å². The number of rotatable bonds is 9. The molecular formula is C39H40N4O3S2. The second kappa shape index (κ2) is 15.1. The quantitative estimate of drug-likeness (QED) is 0.121. The van der Waals surface area contributed by atoms with Crippen molar-refractivity contribution in [2.24, 2.45) is 11.3 Å². The molecule has 48 heavy (non-hydrogen) atoms. The minimum absolute atomic E-state index is 0.0965. The number of nitrogens with zero attached hydrogens (tertiary/aromatic N) is 1. The van der Waals surface area contributed by atoms with Gasteiger partial charge in [0.2, 0.25) is 5.91 Å². The maximum Gasteiger partial charge on any atom is 0.272 e. The molecule has 2 atom stereocenters. The normalized spacial score (nSPS) is 15.1. The van der Waals surface area contributed by atoms with Gasteiger partial charge in [-0.05, 0) is 92.0 Å². The average molecular weight is 677 g/mol. The van der Waals surface area contributed by atoms with Gasteiger partial charge >= 0.3 is 0 Å². The van der Waals surface area contributed by atoms with Crippen molar-refractivity contribution >= 4 is 57.6 Å². The lowest BCUT2D eigenvalue weighted by Gasteiger charge is -2.33. The zero-order valence-corrected chi connectivity index (χ0v) is 29.5. The summed E-state index contributed by atoms with van der Waals surface area (Å²) in [5.41, 5.74) is 4.76. The van der Waals surface area contributed by atoms with Crippen LogP contribution in [0.2, 0.25) is 0 Å². The Morgan fingerprint density at radius 1 is 1.00 bits per heavy atom. The van der Waals surface area contributed by atoms with Crippen LogP contribution in [0.15, 0.2) is 89.5 Å². The van der Waals surface area contributed by atoms with Gasteiger partial charge in [-0.2, -0.15) is 5.26 Å². The molecule has 7 nitrogen and oxygen atoms in total. The molecule has 0 radical (unpaired) electrons. The number of benzene rings is 3. The monoisotopic (exact) mass is 676 g/mol. The van der Waals surface area contributed by atoms with E-state index in [2.05, 4.69) is 42.8 Å². The number of carbonyl (C=O) groups excluding carboxylic acids is 3. The first kappa shape index (κ1) is 34.7. The van der Waals surface area contributed by atoms with Crippen molar-refractivity contribution in [2.75, 3.05) is 10.6 Å². The molecule has 0 aliphatic heterocycles. The number of amides is 3. The fourth-order valence-electron chi connectivity index (χ4n) is 5.62. The number of carbonyl (C=O) groups is 3. The van der Waals surface area contributed by atoms with Gasteiger partial charge in [0.1, 0.15) is 16.8 Å². The third kappa shape index (κ3) is 8.62. The van der Waals surface area contributed by atoms with Crippen LogP contribution in [0.4, 0.5) is 10.7 Å². The summed E-state index contributed by atoms with van der Waals surface area (Å²) in [5, 5.41) is 18.8. The summed E-state index contributed by atoms with van der Waals surface area (Å²) >= 11 is 2.89. The van der Waals surface area contributed by atoms with Crippen molar-refractivity contribution in [3.8, 4) is 6.07 Å². The number of fused-ring (bicyclic) bond motifs is 1. The predicted octanol–water partition coefficient (Wildman–Crippen LogP) is 8.61. The molecule has 0 saturated heterocycles. The van der Waals surface area contributed by atoms with Gasteiger partial charge in [0.05, 0.1) is 10.8 Å². The van der Waals surface area contributed by atoms with Gasteiger partial charge < -0.3 is 16.0 Å². The van der Waals surface area contributed by atoms with Crippen LogP contribution in [-0.2, 0) is 22.4 Å². The largest absolute Gasteiger partial charge is 0.321 e. The van der Waals surface area contributed by atoms with Crippen LogP contribution >= 0.6 is 23.1 Å². The minimum atomic E-state index is -0.479. The SMILES string of the molecule is Cc1ccc(/C=C(/NC(=O)c2ccccc2)C(=O)Nc2cccc(SC(C)C(=O)Nc3sc4c(c3C#N)CCC(C(C)(C)C)C4)c2)cc1. The number of thioether (sulfide) groups is 1. The molecule has 3 N–H and O–H groups in total. The number of nitriles is 1. The fourth-order valence-corrected chi connectivity index (χ4v) is 7.83. The smallest absolute Gasteiger partial charge is 0.272 e. The van der Waals surface area contributed by atoms with Gasteiger partial charge in [0, 0.05) is 21.0 Å². The van der Waals surface area contributed by atoms with Gasteiger partial charge in [0.25, 0.3) is 11.8 Å². The third-order valence-corrected chi connectivity index (χ3v) is 10.8. The molecule has 1 aromatic heterocycles. The summed E-state index contributed by atoms with van der Waals surface area (Å²) in [6.07, 6.45) is 4.46. The fraction of sp³-hybridized carbons (Fsp3) is 0.282. The molecular weight excluding hydrogens is 637 g/mol. The van der Waals surface area contributed by atoms with Crippen molar-refractivity contribution < 1.29 is 14.4 Å². The van der Waals surface area contributed by atoms with Crippen LogP contribution in [0.5, 0.6) is 0 Å². The lowest BCUT2D eigenvalue weighted by Crippen LogP contribution is -2.30. The Morgan fingerprint density at radius 3 is 2.42 bits per heavy atom. The zero-order chi connectivity index (χ0) is 34.4. The lowest BCUT2D eigenvalue weighted by molar-refractivity contribution is -0.115. The van der Waals surface area contributed by atoms with E-state index in [4.69, 9.17) is 0 Å². The van der Waals surface area contributed by atoms with Crippen LogP contribution in [0.1, 0.15) is 71.6 Å². The van der Waals surface area contributed by atoms with Crippen LogP contribution < -0.4 is 16.0 Å². The van der Waals surface area contributed by atoms with E-state index in [1.165, 1.54) is 28.0 Å². The van der Waals surface area contributed by atoms with Crippen molar-refractivity contribution in [2.45, 2.75) is 64.0 Å². The zero-order valence-electron chi connectivity index (χ0n) is 27.8. The van der Waals surface area contributed by atoms with E-state index >= 15 is 0 Å². The summed E-state index contributed by atoms with van der Waals surface area (Å²) in [6.45, 7) is 10.6. The highest BCUT2D eigenvalue weighted by molar-refractivity contribution is 8.00. The first-order chi connectivity index (χ1) is 22.9. The highest BCUT2D eigenvalue weighted by atomic mass is 32.2. The molecule has 0 spiro atoms. The lowest BCUT2D eigenvalue weighted by atomic mass is 9.72. The second-order valence-corrected chi connectivity index (χ2v) is 15.7. The molecule has 0 saturated carbocycles. The molecule has 5 rings (SSSR count). The topological polar surface area (TPSA) is 111 Å². The van der Waals surface area contributed by atoms with Gasteiger partial charge in [-0.1, -0.05) is 74.9 Å². The summed E-state index contributed by atoms with van der Waals surface area (Å²) in [6, 6.07) is 26.0. The molecule has 4 aromatic rings. The standard InChI is InChI=1S/C39H40N4O3S2/c1-24-14-16-26(17-15-24)20-33(42-36(45)27-10-7-6-8-11-27)37(46)41-29-12-9-13-30(22-29)47-25(2)35(44)43-38-32(23-40)31-19-18-28(39(3,4)5)21-34(31)48-38/h6-17,20,22,25,28H,18-19,21H2,1-5H3,(H,41,46)(H,42,45)(H,43,44)/b33-20+. The number of hydrogen-bond acceptors (Lipinski definition) is 6. The Kier molecular flexibility index (Phi) is 10.9. The highest BCUT2D eigenvalue weighted by Crippen LogP contribution is 2.44. The van der Waals surface area contributed by atoms with Crippen LogP contribution in [0, 0.1) is 29.6 Å². The van der Waals surface area contributed by atoms with E-state index in [1.807, 2.05) is 50.2 Å². The van der Waals surface area contributed by atoms with Crippen LogP contribution in [-0.4, -0.2) is 23.0 Å². The molecule has 3 aromatic carbocycles. The molecule has 1 heterocycles. The first-order valence-corrected chi connectivity index (χ1v) is 17.7. The summed E-state index contributed by atoms with van der Waals surface area (Å²) < 4.78 is 0. The highest BCUT2D eigenvalue weighted by Gasteiger charge is 2.32. The van der Waals surface area contributed by atoms with Gasteiger partial charge in [-0.25, -0.2) is 0 Å². The van der Waals surface area contributed by atoms with E-state index in [1.54, 1.807) is 48.5 Å². The Morgan fingerprint density at radius 2 is 1.73 bits per heavy atom. The maximum atomic E-state index is 13.5. The molecule has 1 aliphatic carbocycles. The Labute approximate surface area is 290 Å². The molecule has 2 unspecified atom stereocenters. The summed E-state index contributed by atoms with van der Waals surface area (Å²) in [4.78, 5) is 41.8.